The summed E-state index contributed by atoms with van der Waals surface area (Å²) in [7, 11) is 1.59. The maximum atomic E-state index is 13.1. The van der Waals surface area contributed by atoms with Gasteiger partial charge in [-0.05, 0) is 43.5 Å². The number of anilines is 1. The molecule has 3 rings (SSSR count). The second-order valence-corrected chi connectivity index (χ2v) is 9.65. The molecule has 1 fully saturated rings. The fourth-order valence-electron chi connectivity index (χ4n) is 3.56. The Kier molecular flexibility index (Phi) is 8.91. The van der Waals surface area contributed by atoms with Crippen molar-refractivity contribution in [2.75, 3.05) is 25.1 Å². The van der Waals surface area contributed by atoms with Crippen LogP contribution in [0.2, 0.25) is 5.02 Å². The van der Waals surface area contributed by atoms with Gasteiger partial charge in [-0.2, -0.15) is 5.26 Å². The van der Waals surface area contributed by atoms with Gasteiger partial charge in [0.15, 0.2) is 0 Å². The summed E-state index contributed by atoms with van der Waals surface area (Å²) in [5.41, 5.74) is 1.55. The highest BCUT2D eigenvalue weighted by atomic mass is 35.5. The van der Waals surface area contributed by atoms with Gasteiger partial charge in [0.2, 0.25) is 0 Å². The van der Waals surface area contributed by atoms with Gasteiger partial charge in [0.05, 0.1) is 4.91 Å². The Morgan fingerprint density at radius 2 is 2.06 bits per heavy atom. The molecule has 0 bridgehead atoms. The molecule has 0 spiro atoms. The van der Waals surface area contributed by atoms with Gasteiger partial charge in [-0.15, -0.1) is 0 Å². The fraction of sp³-hybridized carbons (Fsp3) is 0.333. The van der Waals surface area contributed by atoms with Crippen LogP contribution in [0.25, 0.3) is 6.08 Å². The average molecular weight is 517 g/mol. The highest BCUT2D eigenvalue weighted by Crippen LogP contribution is 2.35. The van der Waals surface area contributed by atoms with E-state index in [-0.39, 0.29) is 11.5 Å². The van der Waals surface area contributed by atoms with E-state index in [1.807, 2.05) is 31.2 Å². The van der Waals surface area contributed by atoms with Crippen LogP contribution in [0.4, 0.5) is 5.82 Å². The molecule has 0 aliphatic carbocycles. The molecule has 1 amide bonds. The van der Waals surface area contributed by atoms with Crippen LogP contribution in [0.3, 0.4) is 0 Å². The quantitative estimate of drug-likeness (QED) is 0.299. The maximum absolute atomic E-state index is 13.1. The van der Waals surface area contributed by atoms with Gasteiger partial charge >= 0.3 is 0 Å². The number of rotatable bonds is 9. The smallest absolute Gasteiger partial charge is 0.270 e. The molecular formula is C24H25ClN4O3S2. The third kappa shape index (κ3) is 5.53. The molecule has 0 radical (unpaired) electrons. The van der Waals surface area contributed by atoms with Gasteiger partial charge in [0.1, 0.15) is 21.8 Å². The van der Waals surface area contributed by atoms with Crippen molar-refractivity contribution in [1.82, 2.24) is 9.47 Å². The Bertz CT molecular complexity index is 1250. The monoisotopic (exact) mass is 516 g/mol. The van der Waals surface area contributed by atoms with Gasteiger partial charge in [0.25, 0.3) is 11.5 Å². The topological polar surface area (TPSA) is 87.4 Å². The van der Waals surface area contributed by atoms with E-state index in [0.29, 0.717) is 63.9 Å². The lowest BCUT2D eigenvalue weighted by atomic mass is 10.0. The summed E-state index contributed by atoms with van der Waals surface area (Å²) in [5, 5.41) is 13.5. The molecular weight excluding hydrogens is 492 g/mol. The van der Waals surface area contributed by atoms with E-state index in [1.165, 1.54) is 16.3 Å². The number of nitrogens with zero attached hydrogens (tertiary/aromatic N) is 3. The summed E-state index contributed by atoms with van der Waals surface area (Å²) in [6, 6.07) is 9.39. The number of aromatic nitrogens is 1. The standard InChI is InChI=1S/C24H25ClN4O3S2/c1-4-32-11-7-10-29-23(31)20(34-24(29)33)12-17-15(2)18(13-26)22(30)28(3)21(17)27-14-16-8-5-6-9-19(16)25/h5-6,8-9,12,27H,4,7,10-11,14H2,1-3H3/b20-12+. The van der Waals surface area contributed by atoms with Crippen LogP contribution in [-0.2, 0) is 23.1 Å². The lowest BCUT2D eigenvalue weighted by molar-refractivity contribution is -0.122. The van der Waals surface area contributed by atoms with Crippen LogP contribution in [0.5, 0.6) is 0 Å². The van der Waals surface area contributed by atoms with E-state index >= 15 is 0 Å². The van der Waals surface area contributed by atoms with E-state index in [2.05, 4.69) is 5.32 Å². The van der Waals surface area contributed by atoms with Crippen molar-refractivity contribution in [1.29, 1.82) is 5.26 Å². The molecule has 34 heavy (non-hydrogen) atoms. The first-order chi connectivity index (χ1) is 16.3. The maximum Gasteiger partial charge on any atom is 0.270 e. The Labute approximate surface area is 213 Å². The molecule has 10 heteroatoms. The molecule has 1 aliphatic heterocycles. The first-order valence-electron chi connectivity index (χ1n) is 10.7. The normalized spacial score (nSPS) is 14.7. The number of thiocarbonyl (C=S) groups is 1. The predicted octanol–water partition coefficient (Wildman–Crippen LogP) is 4.46. The third-order valence-electron chi connectivity index (χ3n) is 5.43. The van der Waals surface area contributed by atoms with E-state index in [0.717, 1.165) is 5.56 Å². The number of benzene rings is 1. The molecule has 7 nitrogen and oxygen atoms in total. The number of halogens is 1. The average Bonchev–Trinajstić information content (AvgIpc) is 3.08. The number of thioether (sulfide) groups is 1. The summed E-state index contributed by atoms with van der Waals surface area (Å²) >= 11 is 12.9. The van der Waals surface area contributed by atoms with Crippen LogP contribution in [0, 0.1) is 18.3 Å². The number of carbonyl (C=O) groups is 1. The molecule has 1 N–H and O–H groups in total. The molecule has 1 aliphatic rings. The van der Waals surface area contributed by atoms with Crippen LogP contribution in [0.1, 0.15) is 35.6 Å². The molecule has 2 aromatic rings. The minimum atomic E-state index is -0.415. The Hall–Kier alpha value is -2.64. The molecule has 2 heterocycles. The zero-order chi connectivity index (χ0) is 24.8. The molecule has 0 saturated carbocycles. The Morgan fingerprint density at radius 1 is 1.32 bits per heavy atom. The van der Waals surface area contributed by atoms with E-state index in [1.54, 1.807) is 31.0 Å². The fourth-order valence-corrected chi connectivity index (χ4v) is 5.05. The molecule has 0 unspecified atom stereocenters. The number of carbonyl (C=O) groups excluding carboxylic acids is 1. The van der Waals surface area contributed by atoms with Crippen molar-refractivity contribution in [3.05, 3.63) is 66.8 Å². The molecule has 1 aromatic heterocycles. The van der Waals surface area contributed by atoms with Gasteiger partial charge in [-0.25, -0.2) is 0 Å². The predicted molar refractivity (Wildman–Crippen MR) is 141 cm³/mol. The number of amides is 1. The number of nitrogens with one attached hydrogen (secondary N) is 1. The zero-order valence-corrected chi connectivity index (χ0v) is 21.6. The molecule has 1 aromatic carbocycles. The van der Waals surface area contributed by atoms with Crippen molar-refractivity contribution >= 4 is 57.7 Å². The van der Waals surface area contributed by atoms with Crippen LogP contribution >= 0.6 is 35.6 Å². The minimum Gasteiger partial charge on any atom is -0.382 e. The van der Waals surface area contributed by atoms with Gasteiger partial charge in [0, 0.05) is 43.9 Å². The van der Waals surface area contributed by atoms with Crippen molar-refractivity contribution < 1.29 is 9.53 Å². The summed E-state index contributed by atoms with van der Waals surface area (Å²) < 4.78 is 7.22. The highest BCUT2D eigenvalue weighted by Gasteiger charge is 2.32. The van der Waals surface area contributed by atoms with Crippen molar-refractivity contribution in [2.45, 2.75) is 26.8 Å². The van der Waals surface area contributed by atoms with Gasteiger partial charge < -0.3 is 10.1 Å². The number of ether oxygens (including phenoxy) is 1. The second kappa shape index (κ2) is 11.7. The Morgan fingerprint density at radius 3 is 2.74 bits per heavy atom. The molecule has 178 valence electrons. The van der Waals surface area contributed by atoms with Crippen molar-refractivity contribution in [2.24, 2.45) is 7.05 Å². The first kappa shape index (κ1) is 26.0. The summed E-state index contributed by atoms with van der Waals surface area (Å²) in [4.78, 5) is 27.9. The van der Waals surface area contributed by atoms with Crippen molar-refractivity contribution in [3.8, 4) is 6.07 Å². The molecule has 0 atom stereocenters. The van der Waals surface area contributed by atoms with Gasteiger partial charge in [-0.3, -0.25) is 19.1 Å². The summed E-state index contributed by atoms with van der Waals surface area (Å²) in [6.45, 7) is 5.62. The Balaban J connectivity index is 1.99. The SMILES string of the molecule is CCOCCCN1C(=O)/C(=C\c2c(C)c(C#N)c(=O)n(C)c2NCc2ccccc2Cl)SC1=S. The third-order valence-corrected chi connectivity index (χ3v) is 7.17. The summed E-state index contributed by atoms with van der Waals surface area (Å²) in [5.74, 6) is 0.290. The van der Waals surface area contributed by atoms with E-state index in [4.69, 9.17) is 28.6 Å². The number of hydrogen-bond donors (Lipinski definition) is 1. The van der Waals surface area contributed by atoms with Gasteiger partial charge in [-0.1, -0.05) is 53.8 Å². The largest absolute Gasteiger partial charge is 0.382 e. The van der Waals surface area contributed by atoms with Crippen LogP contribution in [-0.4, -0.2) is 39.5 Å². The van der Waals surface area contributed by atoms with Crippen LogP contribution < -0.4 is 10.9 Å². The lowest BCUT2D eigenvalue weighted by Crippen LogP contribution is -2.29. The lowest BCUT2D eigenvalue weighted by Gasteiger charge is -2.18. The first-order valence-corrected chi connectivity index (χ1v) is 12.3. The van der Waals surface area contributed by atoms with Crippen LogP contribution in [0.15, 0.2) is 34.0 Å². The summed E-state index contributed by atoms with van der Waals surface area (Å²) in [6.07, 6.45) is 2.38. The van der Waals surface area contributed by atoms with Crippen molar-refractivity contribution in [3.63, 3.8) is 0 Å². The minimum absolute atomic E-state index is 0.0317. The number of nitriles is 1. The zero-order valence-electron chi connectivity index (χ0n) is 19.2. The van der Waals surface area contributed by atoms with E-state index < -0.39 is 5.56 Å². The number of pyridine rings is 1. The number of hydrogen-bond acceptors (Lipinski definition) is 7. The molecule has 1 saturated heterocycles. The second-order valence-electron chi connectivity index (χ2n) is 7.57. The van der Waals surface area contributed by atoms with E-state index in [9.17, 15) is 14.9 Å². The highest BCUT2D eigenvalue weighted by molar-refractivity contribution is 8.26.